The molecule has 1 fully saturated rings. The molecule has 0 unspecified atom stereocenters. The van der Waals surface area contributed by atoms with E-state index in [0.29, 0.717) is 6.61 Å². The Morgan fingerprint density at radius 1 is 1.56 bits per heavy atom. The van der Waals surface area contributed by atoms with Gasteiger partial charge in [0.2, 0.25) is 0 Å². The average Bonchev–Trinajstić information content (AvgIpc) is 2.39. The molecule has 0 radical (unpaired) electrons. The first-order chi connectivity index (χ1) is 8.72. The molecule has 1 aliphatic heterocycles. The molecule has 0 saturated carbocycles. The fourth-order valence-corrected chi connectivity index (χ4v) is 2.50. The first-order valence-electron chi connectivity index (χ1n) is 6.38. The van der Waals surface area contributed by atoms with E-state index < -0.39 is 0 Å². The molecule has 1 aliphatic rings. The van der Waals surface area contributed by atoms with E-state index >= 15 is 0 Å². The second-order valence-corrected chi connectivity index (χ2v) is 4.55. The standard InChI is InChI=1S/C14H19NO3/c1-2-18-14(17)12-6-7-15-9-13(12)10-4-3-5-11(16)8-10/h3-5,8,12-13,15-16H,2,6-7,9H2,1H3/t12-,13-/m0/s1. The number of esters is 1. The van der Waals surface area contributed by atoms with Gasteiger partial charge < -0.3 is 15.2 Å². The summed E-state index contributed by atoms with van der Waals surface area (Å²) in [6.07, 6.45) is 0.777. The Balaban J connectivity index is 2.20. The van der Waals surface area contributed by atoms with E-state index in [1.807, 2.05) is 19.1 Å². The lowest BCUT2D eigenvalue weighted by Crippen LogP contribution is -2.39. The number of aromatic hydroxyl groups is 1. The number of phenols is 1. The Hall–Kier alpha value is -1.55. The number of ether oxygens (including phenoxy) is 1. The third kappa shape index (κ3) is 2.82. The molecule has 0 bridgehead atoms. The van der Waals surface area contributed by atoms with Gasteiger partial charge in [0.1, 0.15) is 5.75 Å². The molecular formula is C14H19NO3. The zero-order chi connectivity index (χ0) is 13.0. The molecule has 0 aromatic heterocycles. The molecule has 0 aliphatic carbocycles. The average molecular weight is 249 g/mol. The summed E-state index contributed by atoms with van der Waals surface area (Å²) in [7, 11) is 0. The molecule has 98 valence electrons. The molecule has 1 aromatic carbocycles. The lowest BCUT2D eigenvalue weighted by atomic mass is 9.81. The predicted molar refractivity (Wildman–Crippen MR) is 68.5 cm³/mol. The highest BCUT2D eigenvalue weighted by molar-refractivity contribution is 5.74. The van der Waals surface area contributed by atoms with Crippen molar-refractivity contribution in [3.8, 4) is 5.75 Å². The summed E-state index contributed by atoms with van der Waals surface area (Å²) < 4.78 is 5.13. The highest BCUT2D eigenvalue weighted by Crippen LogP contribution is 2.31. The number of nitrogens with one attached hydrogen (secondary N) is 1. The van der Waals surface area contributed by atoms with Crippen molar-refractivity contribution >= 4 is 5.97 Å². The fourth-order valence-electron chi connectivity index (χ4n) is 2.50. The monoisotopic (exact) mass is 249 g/mol. The Morgan fingerprint density at radius 3 is 3.11 bits per heavy atom. The van der Waals surface area contributed by atoms with Gasteiger partial charge in [-0.1, -0.05) is 12.1 Å². The van der Waals surface area contributed by atoms with Crippen LogP contribution in [0.4, 0.5) is 0 Å². The highest BCUT2D eigenvalue weighted by atomic mass is 16.5. The number of hydrogen-bond donors (Lipinski definition) is 2. The number of phenolic OH excluding ortho intramolecular Hbond substituents is 1. The van der Waals surface area contributed by atoms with E-state index in [1.165, 1.54) is 0 Å². The van der Waals surface area contributed by atoms with Gasteiger partial charge in [0.05, 0.1) is 12.5 Å². The van der Waals surface area contributed by atoms with Crippen LogP contribution in [0.1, 0.15) is 24.8 Å². The van der Waals surface area contributed by atoms with Crippen LogP contribution in [-0.4, -0.2) is 30.8 Å². The van der Waals surface area contributed by atoms with Crippen LogP contribution in [0.25, 0.3) is 0 Å². The number of hydrogen-bond acceptors (Lipinski definition) is 4. The lowest BCUT2D eigenvalue weighted by Gasteiger charge is -2.30. The second-order valence-electron chi connectivity index (χ2n) is 4.55. The molecular weight excluding hydrogens is 230 g/mol. The summed E-state index contributed by atoms with van der Waals surface area (Å²) in [6.45, 7) is 3.81. The number of rotatable bonds is 3. The zero-order valence-electron chi connectivity index (χ0n) is 10.6. The number of carbonyl (C=O) groups is 1. The summed E-state index contributed by atoms with van der Waals surface area (Å²) in [5.74, 6) is 0.0610. The molecule has 0 spiro atoms. The zero-order valence-corrected chi connectivity index (χ0v) is 10.6. The number of benzene rings is 1. The fraction of sp³-hybridized carbons (Fsp3) is 0.500. The van der Waals surface area contributed by atoms with Crippen LogP contribution < -0.4 is 5.32 Å². The molecule has 18 heavy (non-hydrogen) atoms. The Labute approximate surface area is 107 Å². The van der Waals surface area contributed by atoms with Crippen molar-refractivity contribution in [2.24, 2.45) is 5.92 Å². The maximum absolute atomic E-state index is 12.0. The largest absolute Gasteiger partial charge is 0.508 e. The number of carbonyl (C=O) groups excluding carboxylic acids is 1. The van der Waals surface area contributed by atoms with Crippen molar-refractivity contribution in [2.75, 3.05) is 19.7 Å². The first kappa shape index (κ1) is 12.9. The SMILES string of the molecule is CCOC(=O)[C@H]1CCNC[C@H]1c1cccc(O)c1. The van der Waals surface area contributed by atoms with Crippen molar-refractivity contribution in [3.63, 3.8) is 0 Å². The van der Waals surface area contributed by atoms with Gasteiger partial charge >= 0.3 is 5.97 Å². The van der Waals surface area contributed by atoms with Crippen LogP contribution in [0.2, 0.25) is 0 Å². The Kier molecular flexibility index (Phi) is 4.20. The lowest BCUT2D eigenvalue weighted by molar-refractivity contribution is -0.149. The number of piperidine rings is 1. The maximum atomic E-state index is 12.0. The molecule has 1 heterocycles. The summed E-state index contributed by atoms with van der Waals surface area (Å²) >= 11 is 0. The predicted octanol–water partition coefficient (Wildman–Crippen LogP) is 1.65. The van der Waals surface area contributed by atoms with E-state index in [0.717, 1.165) is 25.1 Å². The first-order valence-corrected chi connectivity index (χ1v) is 6.38. The van der Waals surface area contributed by atoms with Gasteiger partial charge in [-0.2, -0.15) is 0 Å². The molecule has 1 saturated heterocycles. The summed E-state index contributed by atoms with van der Waals surface area (Å²) in [5, 5.41) is 12.8. The minimum atomic E-state index is -0.132. The third-order valence-corrected chi connectivity index (χ3v) is 3.37. The maximum Gasteiger partial charge on any atom is 0.309 e. The van der Waals surface area contributed by atoms with Gasteiger partial charge in [-0.25, -0.2) is 0 Å². The highest BCUT2D eigenvalue weighted by Gasteiger charge is 2.33. The molecule has 4 nitrogen and oxygen atoms in total. The molecule has 0 amide bonds. The second kappa shape index (κ2) is 5.87. The summed E-state index contributed by atoms with van der Waals surface area (Å²) in [4.78, 5) is 12.0. The molecule has 1 aromatic rings. The van der Waals surface area contributed by atoms with Crippen LogP contribution in [0.15, 0.2) is 24.3 Å². The van der Waals surface area contributed by atoms with Gasteiger partial charge in [0.25, 0.3) is 0 Å². The minimum Gasteiger partial charge on any atom is -0.508 e. The van der Waals surface area contributed by atoms with Crippen LogP contribution in [-0.2, 0) is 9.53 Å². The van der Waals surface area contributed by atoms with E-state index in [2.05, 4.69) is 5.32 Å². The van der Waals surface area contributed by atoms with E-state index in [-0.39, 0.29) is 23.6 Å². The van der Waals surface area contributed by atoms with Crippen molar-refractivity contribution in [1.29, 1.82) is 0 Å². The summed E-state index contributed by atoms with van der Waals surface area (Å²) in [6, 6.07) is 7.12. The topological polar surface area (TPSA) is 58.6 Å². The normalized spacial score (nSPS) is 23.6. The molecule has 4 heteroatoms. The van der Waals surface area contributed by atoms with Crippen molar-refractivity contribution in [1.82, 2.24) is 5.32 Å². The van der Waals surface area contributed by atoms with E-state index in [4.69, 9.17) is 4.74 Å². The van der Waals surface area contributed by atoms with Crippen LogP contribution in [0, 0.1) is 5.92 Å². The van der Waals surface area contributed by atoms with Gasteiger partial charge in [0.15, 0.2) is 0 Å². The Bertz CT molecular complexity index is 419. The van der Waals surface area contributed by atoms with Gasteiger partial charge in [0, 0.05) is 12.5 Å². The van der Waals surface area contributed by atoms with Crippen LogP contribution in [0.3, 0.4) is 0 Å². The quantitative estimate of drug-likeness (QED) is 0.800. The smallest absolute Gasteiger partial charge is 0.309 e. The van der Waals surface area contributed by atoms with Crippen molar-refractivity contribution in [3.05, 3.63) is 29.8 Å². The van der Waals surface area contributed by atoms with Crippen molar-refractivity contribution < 1.29 is 14.6 Å². The molecule has 2 N–H and O–H groups in total. The molecule has 2 atom stereocenters. The molecule has 2 rings (SSSR count). The van der Waals surface area contributed by atoms with E-state index in [9.17, 15) is 9.90 Å². The van der Waals surface area contributed by atoms with Crippen LogP contribution >= 0.6 is 0 Å². The third-order valence-electron chi connectivity index (χ3n) is 3.37. The van der Waals surface area contributed by atoms with Gasteiger partial charge in [-0.15, -0.1) is 0 Å². The van der Waals surface area contributed by atoms with Crippen molar-refractivity contribution in [2.45, 2.75) is 19.3 Å². The van der Waals surface area contributed by atoms with Gasteiger partial charge in [-0.3, -0.25) is 4.79 Å². The van der Waals surface area contributed by atoms with Crippen LogP contribution in [0.5, 0.6) is 5.75 Å². The van der Waals surface area contributed by atoms with Gasteiger partial charge in [-0.05, 0) is 37.6 Å². The minimum absolute atomic E-state index is 0.0740. The summed E-state index contributed by atoms with van der Waals surface area (Å²) in [5.41, 5.74) is 0.986. The van der Waals surface area contributed by atoms with E-state index in [1.54, 1.807) is 12.1 Å². The Morgan fingerprint density at radius 2 is 2.39 bits per heavy atom.